The van der Waals surface area contributed by atoms with Crippen LogP contribution in [0.5, 0.6) is 0 Å². The molecule has 1 saturated heterocycles. The molecule has 0 bridgehead atoms. The number of hydrogen-bond acceptors (Lipinski definition) is 3. The van der Waals surface area contributed by atoms with Crippen LogP contribution in [0, 0.1) is 19.3 Å². The quantitative estimate of drug-likeness (QED) is 0.928. The van der Waals surface area contributed by atoms with E-state index < -0.39 is 0 Å². The van der Waals surface area contributed by atoms with Gasteiger partial charge < -0.3 is 9.84 Å². The number of likely N-dealkylation sites (tertiary alicyclic amines) is 1. The van der Waals surface area contributed by atoms with Crippen molar-refractivity contribution >= 4 is 0 Å². The Morgan fingerprint density at radius 2 is 1.82 bits per heavy atom. The van der Waals surface area contributed by atoms with Crippen molar-refractivity contribution < 1.29 is 9.84 Å². The summed E-state index contributed by atoms with van der Waals surface area (Å²) in [4.78, 5) is 2.52. The van der Waals surface area contributed by atoms with Crippen LogP contribution in [0.15, 0.2) is 18.2 Å². The highest BCUT2D eigenvalue weighted by Crippen LogP contribution is 2.51. The zero-order valence-electron chi connectivity index (χ0n) is 14.1. The lowest BCUT2D eigenvalue weighted by atomic mass is 9.58. The van der Waals surface area contributed by atoms with E-state index in [1.54, 1.807) is 0 Å². The van der Waals surface area contributed by atoms with Crippen molar-refractivity contribution in [2.45, 2.75) is 58.8 Å². The highest BCUT2D eigenvalue weighted by atomic mass is 16.5. The standard InChI is InChI=1S/C19H29NO2/c1-4-22-18-12-17(21)19(18)5-7-20(8-6-19)13-16-10-14(2)9-15(3)11-16/h9-11,17-18,21H,4-8,12-13H2,1-3H3. The maximum Gasteiger partial charge on any atom is 0.0681 e. The van der Waals surface area contributed by atoms with Crippen LogP contribution < -0.4 is 0 Å². The first-order valence-corrected chi connectivity index (χ1v) is 8.62. The van der Waals surface area contributed by atoms with E-state index in [9.17, 15) is 5.11 Å². The van der Waals surface area contributed by atoms with Crippen LogP contribution in [0.4, 0.5) is 0 Å². The molecule has 3 heteroatoms. The van der Waals surface area contributed by atoms with Gasteiger partial charge in [0.1, 0.15) is 0 Å². The maximum absolute atomic E-state index is 10.3. The SMILES string of the molecule is CCOC1CC(O)C12CCN(Cc1cc(C)cc(C)c1)CC2. The Morgan fingerprint density at radius 3 is 2.36 bits per heavy atom. The number of piperidine rings is 1. The minimum atomic E-state index is -0.160. The number of aliphatic hydroxyl groups is 1. The van der Waals surface area contributed by atoms with Gasteiger partial charge in [-0.3, -0.25) is 4.90 Å². The van der Waals surface area contributed by atoms with E-state index in [1.807, 2.05) is 6.92 Å². The molecule has 22 heavy (non-hydrogen) atoms. The Labute approximate surface area is 134 Å². The number of nitrogens with zero attached hydrogens (tertiary/aromatic N) is 1. The van der Waals surface area contributed by atoms with Crippen LogP contribution in [0.25, 0.3) is 0 Å². The maximum atomic E-state index is 10.3. The van der Waals surface area contributed by atoms with E-state index in [0.717, 1.165) is 45.5 Å². The van der Waals surface area contributed by atoms with E-state index in [-0.39, 0.29) is 17.6 Å². The second-order valence-electron chi connectivity index (χ2n) is 7.20. The van der Waals surface area contributed by atoms with Crippen LogP contribution in [0.3, 0.4) is 0 Å². The van der Waals surface area contributed by atoms with Crippen molar-refractivity contribution in [3.8, 4) is 0 Å². The van der Waals surface area contributed by atoms with Crippen molar-refractivity contribution in [2.24, 2.45) is 5.41 Å². The fraction of sp³-hybridized carbons (Fsp3) is 0.684. The lowest BCUT2D eigenvalue weighted by molar-refractivity contribution is -0.209. The van der Waals surface area contributed by atoms with Crippen molar-refractivity contribution in [2.75, 3.05) is 19.7 Å². The molecule has 1 spiro atoms. The molecule has 1 aliphatic heterocycles. The van der Waals surface area contributed by atoms with Gasteiger partial charge >= 0.3 is 0 Å². The van der Waals surface area contributed by atoms with Crippen molar-refractivity contribution in [1.29, 1.82) is 0 Å². The Hall–Kier alpha value is -0.900. The third-order valence-corrected chi connectivity index (χ3v) is 5.58. The summed E-state index contributed by atoms with van der Waals surface area (Å²) in [7, 11) is 0. The molecule has 0 radical (unpaired) electrons. The fourth-order valence-electron chi connectivity index (χ4n) is 4.36. The molecule has 2 atom stereocenters. The normalized spacial score (nSPS) is 27.8. The molecule has 1 aromatic rings. The van der Waals surface area contributed by atoms with Crippen LogP contribution >= 0.6 is 0 Å². The summed E-state index contributed by atoms with van der Waals surface area (Å²) in [6.45, 7) is 10.3. The Bertz CT molecular complexity index is 498. The third-order valence-electron chi connectivity index (χ3n) is 5.58. The first-order chi connectivity index (χ1) is 10.5. The van der Waals surface area contributed by atoms with Gasteiger partial charge in [0.25, 0.3) is 0 Å². The molecule has 122 valence electrons. The van der Waals surface area contributed by atoms with E-state index in [1.165, 1.54) is 16.7 Å². The van der Waals surface area contributed by atoms with Gasteiger partial charge in [-0.1, -0.05) is 29.3 Å². The van der Waals surface area contributed by atoms with E-state index in [0.29, 0.717) is 0 Å². The molecule has 2 aliphatic rings. The van der Waals surface area contributed by atoms with Crippen LogP contribution in [-0.4, -0.2) is 41.9 Å². The van der Waals surface area contributed by atoms with Gasteiger partial charge in [0, 0.05) is 25.0 Å². The van der Waals surface area contributed by atoms with Gasteiger partial charge in [0.2, 0.25) is 0 Å². The van der Waals surface area contributed by atoms with Gasteiger partial charge in [0.15, 0.2) is 0 Å². The van der Waals surface area contributed by atoms with Crippen molar-refractivity contribution in [3.05, 3.63) is 34.9 Å². The Kier molecular flexibility index (Phi) is 4.58. The average Bonchev–Trinajstić information content (AvgIpc) is 2.47. The van der Waals surface area contributed by atoms with Gasteiger partial charge in [-0.25, -0.2) is 0 Å². The summed E-state index contributed by atoms with van der Waals surface area (Å²) in [6.07, 6.45) is 3.06. The molecule has 1 N–H and O–H groups in total. The first-order valence-electron chi connectivity index (χ1n) is 8.62. The van der Waals surface area contributed by atoms with Crippen LogP contribution in [-0.2, 0) is 11.3 Å². The summed E-state index contributed by atoms with van der Waals surface area (Å²) in [5.74, 6) is 0. The lowest BCUT2D eigenvalue weighted by Crippen LogP contribution is -2.62. The summed E-state index contributed by atoms with van der Waals surface area (Å²) >= 11 is 0. The molecule has 3 rings (SSSR count). The lowest BCUT2D eigenvalue weighted by Gasteiger charge is -2.56. The molecule has 1 heterocycles. The van der Waals surface area contributed by atoms with Gasteiger partial charge in [-0.2, -0.15) is 0 Å². The molecular weight excluding hydrogens is 274 g/mol. The average molecular weight is 303 g/mol. The molecule has 2 unspecified atom stereocenters. The topological polar surface area (TPSA) is 32.7 Å². The van der Waals surface area contributed by atoms with E-state index in [4.69, 9.17) is 4.74 Å². The van der Waals surface area contributed by atoms with Gasteiger partial charge in [-0.05, 0) is 52.3 Å². The minimum Gasteiger partial charge on any atom is -0.392 e. The summed E-state index contributed by atoms with van der Waals surface area (Å²) < 4.78 is 5.85. The highest BCUT2D eigenvalue weighted by molar-refractivity contribution is 5.28. The molecule has 2 fully saturated rings. The smallest absolute Gasteiger partial charge is 0.0681 e. The second-order valence-corrected chi connectivity index (χ2v) is 7.20. The fourth-order valence-corrected chi connectivity index (χ4v) is 4.36. The number of benzene rings is 1. The largest absolute Gasteiger partial charge is 0.392 e. The van der Waals surface area contributed by atoms with Crippen molar-refractivity contribution in [3.63, 3.8) is 0 Å². The monoisotopic (exact) mass is 303 g/mol. The second kappa shape index (κ2) is 6.31. The van der Waals surface area contributed by atoms with Crippen LogP contribution in [0.1, 0.15) is 42.9 Å². The zero-order valence-corrected chi connectivity index (χ0v) is 14.1. The summed E-state index contributed by atoms with van der Waals surface area (Å²) in [5, 5.41) is 10.3. The molecule has 0 aromatic heterocycles. The predicted octanol–water partition coefficient (Wildman–Crippen LogP) is 3.06. The predicted molar refractivity (Wildman–Crippen MR) is 88.9 cm³/mol. The van der Waals surface area contributed by atoms with Gasteiger partial charge in [0.05, 0.1) is 12.2 Å². The Balaban J connectivity index is 1.60. The van der Waals surface area contributed by atoms with Crippen molar-refractivity contribution in [1.82, 2.24) is 4.90 Å². The number of rotatable bonds is 4. The molecule has 1 saturated carbocycles. The number of aliphatic hydroxyl groups excluding tert-OH is 1. The minimum absolute atomic E-state index is 0.0367. The third kappa shape index (κ3) is 2.94. The summed E-state index contributed by atoms with van der Waals surface area (Å²) in [6, 6.07) is 6.81. The Morgan fingerprint density at radius 1 is 1.18 bits per heavy atom. The molecule has 0 amide bonds. The highest BCUT2D eigenvalue weighted by Gasteiger charge is 2.55. The number of ether oxygens (including phenoxy) is 1. The molecular formula is C19H29NO2. The van der Waals surface area contributed by atoms with E-state index in [2.05, 4.69) is 36.9 Å². The number of aryl methyl sites for hydroxylation is 2. The molecule has 1 aromatic carbocycles. The van der Waals surface area contributed by atoms with Crippen LogP contribution in [0.2, 0.25) is 0 Å². The van der Waals surface area contributed by atoms with Gasteiger partial charge in [-0.15, -0.1) is 0 Å². The first kappa shape index (κ1) is 16.0. The summed E-state index contributed by atoms with van der Waals surface area (Å²) in [5.41, 5.74) is 4.13. The van der Waals surface area contributed by atoms with E-state index >= 15 is 0 Å². The molecule has 3 nitrogen and oxygen atoms in total. The zero-order chi connectivity index (χ0) is 15.7. The number of hydrogen-bond donors (Lipinski definition) is 1. The molecule has 1 aliphatic carbocycles.